The number of amides is 2. The summed E-state index contributed by atoms with van der Waals surface area (Å²) >= 11 is 0. The molecule has 6 heteroatoms. The summed E-state index contributed by atoms with van der Waals surface area (Å²) in [6, 6.07) is 9.20. The van der Waals surface area contributed by atoms with Crippen molar-refractivity contribution >= 4 is 23.5 Å². The van der Waals surface area contributed by atoms with E-state index in [2.05, 4.69) is 25.9 Å². The molecule has 2 fully saturated rings. The monoisotopic (exact) mass is 450 g/mol. The van der Waals surface area contributed by atoms with Crippen molar-refractivity contribution in [3.63, 3.8) is 0 Å². The van der Waals surface area contributed by atoms with Gasteiger partial charge in [-0.1, -0.05) is 43.7 Å². The second-order valence-corrected chi connectivity index (χ2v) is 10.2. The minimum Gasteiger partial charge on any atom is -0.469 e. The van der Waals surface area contributed by atoms with Crippen molar-refractivity contribution in [2.24, 2.45) is 22.7 Å². The number of methoxy groups -OCH3 is 1. The lowest BCUT2D eigenvalue weighted by molar-refractivity contribution is -0.168. The van der Waals surface area contributed by atoms with Crippen molar-refractivity contribution in [3.05, 3.63) is 54.1 Å². The Morgan fingerprint density at radius 2 is 1.94 bits per heavy atom. The van der Waals surface area contributed by atoms with Crippen LogP contribution in [0.25, 0.3) is 0 Å². The molecule has 1 aromatic carbocycles. The molecular formula is C27H34N2O4. The molecule has 0 aromatic heterocycles. The van der Waals surface area contributed by atoms with Crippen LogP contribution < -0.4 is 5.43 Å². The Hall–Kier alpha value is -2.89. The minimum absolute atomic E-state index is 0.0787. The topological polar surface area (TPSA) is 75.7 Å². The van der Waals surface area contributed by atoms with E-state index in [1.54, 1.807) is 0 Å². The van der Waals surface area contributed by atoms with Gasteiger partial charge in [0.15, 0.2) is 0 Å². The van der Waals surface area contributed by atoms with Crippen LogP contribution >= 0.6 is 0 Å². The van der Waals surface area contributed by atoms with Crippen LogP contribution in [0.5, 0.6) is 0 Å². The van der Waals surface area contributed by atoms with Crippen molar-refractivity contribution in [1.29, 1.82) is 0 Å². The van der Waals surface area contributed by atoms with Crippen LogP contribution in [0.3, 0.4) is 0 Å². The maximum absolute atomic E-state index is 13.0. The van der Waals surface area contributed by atoms with E-state index in [1.165, 1.54) is 18.8 Å². The van der Waals surface area contributed by atoms with E-state index < -0.39 is 5.41 Å². The van der Waals surface area contributed by atoms with Crippen LogP contribution in [-0.2, 0) is 19.1 Å². The fraction of sp³-hybridized carbons (Fsp3) is 0.519. The van der Waals surface area contributed by atoms with Crippen LogP contribution in [0, 0.1) is 22.7 Å². The van der Waals surface area contributed by atoms with Crippen molar-refractivity contribution in [3.8, 4) is 0 Å². The Labute approximate surface area is 196 Å². The number of nitrogens with one attached hydrogen (secondary N) is 1. The molecule has 2 aliphatic carbocycles. The Balaban J connectivity index is 1.49. The number of allylic oxidation sites excluding steroid dienone is 1. The van der Waals surface area contributed by atoms with Gasteiger partial charge in [-0.2, -0.15) is 5.01 Å². The Bertz CT molecular complexity index is 1000. The van der Waals surface area contributed by atoms with Crippen LogP contribution in [0.4, 0.5) is 5.69 Å². The van der Waals surface area contributed by atoms with Gasteiger partial charge in [-0.25, -0.2) is 0 Å². The molecule has 0 bridgehead atoms. The number of carbonyl (C=O) groups excluding carboxylic acids is 3. The third kappa shape index (κ3) is 4.00. The van der Waals surface area contributed by atoms with Gasteiger partial charge in [-0.05, 0) is 74.8 Å². The molecule has 0 spiro atoms. The summed E-state index contributed by atoms with van der Waals surface area (Å²) in [6.07, 6.45) is 7.36. The number of hydrogen-bond acceptors (Lipinski definition) is 5. The van der Waals surface area contributed by atoms with E-state index in [0.29, 0.717) is 17.7 Å². The zero-order chi connectivity index (χ0) is 23.8. The van der Waals surface area contributed by atoms with E-state index in [9.17, 15) is 14.4 Å². The Morgan fingerprint density at radius 1 is 1.21 bits per heavy atom. The number of carbonyl (C=O) groups is 3. The molecule has 0 radical (unpaired) electrons. The number of esters is 1. The quantitative estimate of drug-likeness (QED) is 0.373. The first kappa shape index (κ1) is 23.3. The SMILES string of the molecule is C=C1CC[C@H]2[C@](C)(CCC[C@]2(C)C(=O)OC)[C@H]1CCC1=CC(=O)N(Nc2ccccc2)C1=O. The van der Waals surface area contributed by atoms with Crippen LogP contribution in [0.2, 0.25) is 0 Å². The molecule has 2 amide bonds. The van der Waals surface area contributed by atoms with E-state index in [4.69, 9.17) is 4.74 Å². The highest BCUT2D eigenvalue weighted by Crippen LogP contribution is 2.62. The smallest absolute Gasteiger partial charge is 0.311 e. The molecule has 4 rings (SSSR count). The number of ether oxygens (including phenoxy) is 1. The largest absolute Gasteiger partial charge is 0.469 e. The summed E-state index contributed by atoms with van der Waals surface area (Å²) in [5.41, 5.74) is 4.75. The number of rotatable bonds is 6. The zero-order valence-corrected chi connectivity index (χ0v) is 19.9. The van der Waals surface area contributed by atoms with Crippen molar-refractivity contribution < 1.29 is 19.1 Å². The van der Waals surface area contributed by atoms with Crippen molar-refractivity contribution in [2.45, 2.75) is 58.8 Å². The second-order valence-electron chi connectivity index (χ2n) is 10.2. The van der Waals surface area contributed by atoms with E-state index in [1.807, 2.05) is 30.3 Å². The number of hydrogen-bond donors (Lipinski definition) is 1. The van der Waals surface area contributed by atoms with E-state index in [0.717, 1.165) is 43.5 Å². The lowest BCUT2D eigenvalue weighted by atomic mass is 9.46. The molecule has 0 unspecified atom stereocenters. The number of benzene rings is 1. The van der Waals surface area contributed by atoms with Gasteiger partial charge in [0.1, 0.15) is 0 Å². The molecule has 2 saturated carbocycles. The second kappa shape index (κ2) is 8.81. The average Bonchev–Trinajstić information content (AvgIpc) is 3.06. The number of imide groups is 1. The Morgan fingerprint density at radius 3 is 2.64 bits per heavy atom. The van der Waals surface area contributed by atoms with Crippen LogP contribution in [0.1, 0.15) is 58.8 Å². The lowest BCUT2D eigenvalue weighted by Crippen LogP contribution is -2.53. The van der Waals surface area contributed by atoms with Gasteiger partial charge in [0.2, 0.25) is 0 Å². The van der Waals surface area contributed by atoms with Gasteiger partial charge in [-0.15, -0.1) is 0 Å². The van der Waals surface area contributed by atoms with Crippen molar-refractivity contribution in [2.75, 3.05) is 12.5 Å². The highest BCUT2D eigenvalue weighted by Gasteiger charge is 2.57. The van der Waals surface area contributed by atoms with Crippen LogP contribution in [-0.4, -0.2) is 29.9 Å². The molecule has 0 saturated heterocycles. The standard InChI is InChI=1S/C27H34N2O4/c1-18-11-14-22-26(2,15-8-16-27(22,3)25(32)33-4)21(18)13-12-19-17-23(30)29(24(19)31)28-20-9-6-5-7-10-20/h5-7,9-10,17,21-22,28H,1,8,11-16H2,2-4H3/t21-,22-,26+,27-/m0/s1. The average molecular weight is 451 g/mol. The fourth-order valence-electron chi connectivity index (χ4n) is 6.71. The number of nitrogens with zero attached hydrogens (tertiary/aromatic N) is 1. The molecule has 3 aliphatic rings. The molecule has 6 nitrogen and oxygen atoms in total. The summed E-state index contributed by atoms with van der Waals surface area (Å²) in [7, 11) is 1.48. The summed E-state index contributed by atoms with van der Waals surface area (Å²) in [4.78, 5) is 38.2. The van der Waals surface area contributed by atoms with Gasteiger partial charge >= 0.3 is 5.97 Å². The maximum Gasteiger partial charge on any atom is 0.311 e. The third-order valence-electron chi connectivity index (χ3n) is 8.38. The number of fused-ring (bicyclic) bond motifs is 1. The van der Waals surface area contributed by atoms with Crippen LogP contribution in [0.15, 0.2) is 54.1 Å². The number of anilines is 1. The predicted octanol–water partition coefficient (Wildman–Crippen LogP) is 5.04. The first-order valence-corrected chi connectivity index (χ1v) is 11.9. The number of hydrazine groups is 1. The Kier molecular flexibility index (Phi) is 6.21. The first-order valence-electron chi connectivity index (χ1n) is 11.9. The molecule has 33 heavy (non-hydrogen) atoms. The zero-order valence-electron chi connectivity index (χ0n) is 19.9. The number of para-hydroxylation sites is 1. The lowest BCUT2D eigenvalue weighted by Gasteiger charge is -2.57. The molecule has 1 heterocycles. The normalized spacial score (nSPS) is 31.8. The van der Waals surface area contributed by atoms with E-state index >= 15 is 0 Å². The molecule has 176 valence electrons. The van der Waals surface area contributed by atoms with Gasteiger partial charge in [0, 0.05) is 11.6 Å². The molecule has 1 N–H and O–H groups in total. The molecule has 1 aromatic rings. The molecular weight excluding hydrogens is 416 g/mol. The maximum atomic E-state index is 13.0. The third-order valence-corrected chi connectivity index (χ3v) is 8.38. The molecule has 1 aliphatic heterocycles. The highest BCUT2D eigenvalue weighted by molar-refractivity contribution is 6.16. The van der Waals surface area contributed by atoms with Gasteiger partial charge in [0.05, 0.1) is 18.2 Å². The predicted molar refractivity (Wildman–Crippen MR) is 127 cm³/mol. The van der Waals surface area contributed by atoms with Gasteiger partial charge < -0.3 is 4.74 Å². The van der Waals surface area contributed by atoms with E-state index in [-0.39, 0.29) is 35.0 Å². The first-order chi connectivity index (χ1) is 15.7. The highest BCUT2D eigenvalue weighted by atomic mass is 16.5. The summed E-state index contributed by atoms with van der Waals surface area (Å²) in [6.45, 7) is 8.72. The van der Waals surface area contributed by atoms with Gasteiger partial charge in [-0.3, -0.25) is 19.8 Å². The minimum atomic E-state index is -0.491. The van der Waals surface area contributed by atoms with Crippen molar-refractivity contribution in [1.82, 2.24) is 5.01 Å². The summed E-state index contributed by atoms with van der Waals surface area (Å²) < 4.78 is 5.21. The molecule has 4 atom stereocenters. The van der Waals surface area contributed by atoms with Gasteiger partial charge in [0.25, 0.3) is 11.8 Å². The fourth-order valence-corrected chi connectivity index (χ4v) is 6.71. The summed E-state index contributed by atoms with van der Waals surface area (Å²) in [5.74, 6) is -0.351. The summed E-state index contributed by atoms with van der Waals surface area (Å²) in [5, 5.41) is 1.08.